The molecule has 10 saturated heterocycles. The number of nitrogens with zero attached hydrogens (tertiary/aromatic N) is 8. The maximum absolute atomic E-state index is 5.57. The summed E-state index contributed by atoms with van der Waals surface area (Å²) in [5.41, 5.74) is 1.35. The molecule has 10 heterocycles. The highest BCUT2D eigenvalue weighted by atomic mass is 16.5. The lowest BCUT2D eigenvalue weighted by Gasteiger charge is -2.57. The molecule has 9 heteroatoms. The molecule has 0 N–H and O–H groups in total. The van der Waals surface area contributed by atoms with Crippen LogP contribution < -0.4 is 0 Å². The van der Waals surface area contributed by atoms with Crippen molar-refractivity contribution in [3.63, 3.8) is 0 Å². The van der Waals surface area contributed by atoms with Gasteiger partial charge in [0, 0.05) is 124 Å². The summed E-state index contributed by atoms with van der Waals surface area (Å²) in [6.45, 7) is 45.0. The van der Waals surface area contributed by atoms with E-state index in [4.69, 9.17) is 4.74 Å². The largest absolute Gasteiger partial charge is 0.378 e. The summed E-state index contributed by atoms with van der Waals surface area (Å²) < 4.78 is 5.57. The molecule has 0 amide bonds. The number of piperazine rings is 3. The minimum atomic E-state index is 0. The minimum Gasteiger partial charge on any atom is -0.378 e. The van der Waals surface area contributed by atoms with Crippen LogP contribution in [0.25, 0.3) is 0 Å². The Labute approximate surface area is 399 Å². The van der Waals surface area contributed by atoms with E-state index in [0.717, 1.165) is 79.2 Å². The van der Waals surface area contributed by atoms with Gasteiger partial charge in [-0.25, -0.2) is 0 Å². The van der Waals surface area contributed by atoms with Gasteiger partial charge in [0.2, 0.25) is 0 Å². The summed E-state index contributed by atoms with van der Waals surface area (Å²) in [6, 6.07) is 7.92. The highest BCUT2D eigenvalue weighted by Gasteiger charge is 2.49. The molecule has 11 aliphatic rings. The van der Waals surface area contributed by atoms with Gasteiger partial charge in [0.1, 0.15) is 0 Å². The molecule has 11 rings (SSSR count). The van der Waals surface area contributed by atoms with Crippen molar-refractivity contribution >= 4 is 0 Å². The molecule has 1 aliphatic carbocycles. The second-order valence-electron chi connectivity index (χ2n) is 26.4. The topological polar surface area (TPSA) is 35.2 Å². The predicted molar refractivity (Wildman–Crippen MR) is 276 cm³/mol. The van der Waals surface area contributed by atoms with E-state index >= 15 is 0 Å². The monoisotopic (exact) mass is 899 g/mol. The Morgan fingerprint density at radius 1 is 0.484 bits per heavy atom. The maximum atomic E-state index is 5.57. The zero-order chi connectivity index (χ0) is 46.3. The highest BCUT2D eigenvalue weighted by molar-refractivity contribution is 5.03. The van der Waals surface area contributed by atoms with Crippen LogP contribution in [-0.2, 0) is 4.74 Å². The average Bonchev–Trinajstić information content (AvgIpc) is 3.56. The van der Waals surface area contributed by atoms with E-state index in [-0.39, 0.29) is 7.43 Å². The standard InChI is InChI=1S/C13H25N.C11H22N2.C11H21N.C10H20N2O.C9H18N2.CH4/c1-12(2,3)14-8-10-6-7-11(9-14)13(10,4)5;1-11(2,3)13-9-5-6-10(13)8-12(4)7-9;1-8(2)9-6-10-4-5-11(7-9)12(10)3;1-8(2)12-4-9-6-13-7-10(5-12)11(9)3;1-7(2)11-8-4-9(11)6-10(3)5-8;/h10-11H,6-9H2,1-5H3;9-10H,5-8H2,1-4H3;8-11H,4-7H2,1-3H3;8-10H,4-7H2,1-3H3;7-9H,4-6H2,1-3H3;1H4/t10-,11+;;9?,10-,11+;;;. The summed E-state index contributed by atoms with van der Waals surface area (Å²) >= 11 is 0. The van der Waals surface area contributed by atoms with Crippen LogP contribution in [0.1, 0.15) is 162 Å². The summed E-state index contributed by atoms with van der Waals surface area (Å²) in [4.78, 5) is 20.7. The molecule has 11 fully saturated rings. The molecule has 10 bridgehead atoms. The first-order chi connectivity index (χ1) is 29.3. The van der Waals surface area contributed by atoms with Gasteiger partial charge in [-0.15, -0.1) is 0 Å². The number of fused-ring (bicyclic) bond motifs is 10. The number of hydrogen-bond donors (Lipinski definition) is 0. The first-order valence-corrected chi connectivity index (χ1v) is 26.8. The highest BCUT2D eigenvalue weighted by Crippen LogP contribution is 2.52. The average molecular weight is 900 g/mol. The second-order valence-corrected chi connectivity index (χ2v) is 26.4. The summed E-state index contributed by atoms with van der Waals surface area (Å²) in [7, 11) is 9.04. The molecule has 11 atom stereocenters. The molecule has 9 nitrogen and oxygen atoms in total. The van der Waals surface area contributed by atoms with Gasteiger partial charge in [-0.1, -0.05) is 35.1 Å². The fourth-order valence-electron chi connectivity index (χ4n) is 14.5. The van der Waals surface area contributed by atoms with Gasteiger partial charge < -0.3 is 19.4 Å². The van der Waals surface area contributed by atoms with Gasteiger partial charge in [-0.3, -0.25) is 24.5 Å². The molecule has 0 spiro atoms. The number of likely N-dealkylation sites (N-methyl/N-ethyl adjacent to an activating group) is 3. The number of piperidine rings is 3. The molecular formula is C55H110N8O. The maximum Gasteiger partial charge on any atom is 0.0635 e. The van der Waals surface area contributed by atoms with Crippen LogP contribution in [0.4, 0.5) is 0 Å². The zero-order valence-electron chi connectivity index (χ0n) is 45.0. The van der Waals surface area contributed by atoms with E-state index in [1.165, 1.54) is 110 Å². The van der Waals surface area contributed by atoms with E-state index in [0.29, 0.717) is 34.6 Å². The Balaban J connectivity index is 0.000000150. The van der Waals surface area contributed by atoms with E-state index in [2.05, 4.69) is 164 Å². The van der Waals surface area contributed by atoms with Crippen LogP contribution in [0.2, 0.25) is 0 Å². The Morgan fingerprint density at radius 2 is 0.906 bits per heavy atom. The van der Waals surface area contributed by atoms with Gasteiger partial charge >= 0.3 is 0 Å². The Kier molecular flexibility index (Phi) is 18.9. The van der Waals surface area contributed by atoms with E-state index < -0.39 is 0 Å². The van der Waals surface area contributed by atoms with Gasteiger partial charge in [0.05, 0.1) is 13.2 Å². The van der Waals surface area contributed by atoms with Gasteiger partial charge in [-0.2, -0.15) is 0 Å². The van der Waals surface area contributed by atoms with E-state index in [1.54, 1.807) is 0 Å². The summed E-state index contributed by atoms with van der Waals surface area (Å²) in [6.07, 6.45) is 13.0. The number of morpholine rings is 1. The molecular weight excluding hydrogens is 789 g/mol. The normalized spacial score (nSPS) is 37.9. The summed E-state index contributed by atoms with van der Waals surface area (Å²) in [5, 5.41) is 0. The lowest BCUT2D eigenvalue weighted by Crippen LogP contribution is -2.69. The van der Waals surface area contributed by atoms with Gasteiger partial charge in [0.25, 0.3) is 0 Å². The summed E-state index contributed by atoms with van der Waals surface area (Å²) in [5.74, 6) is 3.81. The van der Waals surface area contributed by atoms with E-state index in [9.17, 15) is 0 Å². The second kappa shape index (κ2) is 22.2. The van der Waals surface area contributed by atoms with Crippen molar-refractivity contribution in [3.05, 3.63) is 0 Å². The van der Waals surface area contributed by atoms with Crippen LogP contribution in [0, 0.1) is 29.1 Å². The number of likely N-dealkylation sites (tertiary alicyclic amines) is 2. The van der Waals surface area contributed by atoms with Crippen LogP contribution in [0.15, 0.2) is 0 Å². The fourth-order valence-corrected chi connectivity index (χ4v) is 14.5. The van der Waals surface area contributed by atoms with Crippen LogP contribution >= 0.6 is 0 Å². The fraction of sp³-hybridized carbons (Fsp3) is 1.00. The van der Waals surface area contributed by atoms with Gasteiger partial charge in [0.15, 0.2) is 0 Å². The number of rotatable bonds is 3. The third-order valence-corrected chi connectivity index (χ3v) is 18.7. The van der Waals surface area contributed by atoms with Crippen LogP contribution in [0.3, 0.4) is 0 Å². The van der Waals surface area contributed by atoms with Gasteiger partial charge in [-0.05, 0) is 184 Å². The Hall–Kier alpha value is -0.360. The van der Waals surface area contributed by atoms with Crippen LogP contribution in [-0.4, -0.2) is 204 Å². The smallest absolute Gasteiger partial charge is 0.0635 e. The molecule has 7 unspecified atom stereocenters. The third-order valence-electron chi connectivity index (χ3n) is 18.7. The Morgan fingerprint density at radius 3 is 1.30 bits per heavy atom. The van der Waals surface area contributed by atoms with E-state index in [1.807, 2.05) is 0 Å². The van der Waals surface area contributed by atoms with Crippen molar-refractivity contribution < 1.29 is 4.74 Å². The van der Waals surface area contributed by atoms with Crippen molar-refractivity contribution in [1.82, 2.24) is 39.2 Å². The van der Waals surface area contributed by atoms with Crippen molar-refractivity contribution in [2.75, 3.05) is 93.8 Å². The molecule has 0 radical (unpaired) electrons. The quantitative estimate of drug-likeness (QED) is 0.276. The number of ether oxygens (including phenoxy) is 1. The van der Waals surface area contributed by atoms with Crippen LogP contribution in [0.5, 0.6) is 0 Å². The first-order valence-electron chi connectivity index (χ1n) is 26.8. The Bertz CT molecular complexity index is 1340. The first kappa shape index (κ1) is 54.6. The van der Waals surface area contributed by atoms with Crippen molar-refractivity contribution in [2.45, 2.75) is 234 Å². The molecule has 0 aromatic heterocycles. The van der Waals surface area contributed by atoms with Crippen molar-refractivity contribution in [1.29, 1.82) is 0 Å². The minimum absolute atomic E-state index is 0. The van der Waals surface area contributed by atoms with Crippen molar-refractivity contribution in [3.8, 4) is 0 Å². The predicted octanol–water partition coefficient (Wildman–Crippen LogP) is 9.06. The molecule has 1 saturated carbocycles. The molecule has 0 aromatic rings. The molecule has 10 aliphatic heterocycles. The lowest BCUT2D eigenvalue weighted by atomic mass is 9.72. The molecule has 376 valence electrons. The third kappa shape index (κ3) is 12.9. The zero-order valence-corrected chi connectivity index (χ0v) is 45.0. The lowest BCUT2D eigenvalue weighted by molar-refractivity contribution is -0.0910. The molecule has 64 heavy (non-hydrogen) atoms. The van der Waals surface area contributed by atoms with Crippen molar-refractivity contribution in [2.24, 2.45) is 29.1 Å². The number of hydrogen-bond acceptors (Lipinski definition) is 9. The SMILES string of the molecule is C.CC(C)C1C[C@H]2CC[C@@H](C1)N2C.CC(C)N1C2CC1CN(C)C2.CC(C)N1CC2COCC(C1)N2C.CC1(C)[C@@H]2CC[C@H]1CN(C(C)(C)C)C2.CN1CC2CCC(C1)N2C(C)(C)C. The molecule has 0 aromatic carbocycles.